The Labute approximate surface area is 131 Å². The molecule has 0 saturated heterocycles. The number of ether oxygens (including phenoxy) is 1. The lowest BCUT2D eigenvalue weighted by molar-refractivity contribution is -0.137. The van der Waals surface area contributed by atoms with E-state index in [1.165, 1.54) is 7.11 Å². The third-order valence-electron chi connectivity index (χ3n) is 3.65. The lowest BCUT2D eigenvalue weighted by atomic mass is 10.0. The minimum atomic E-state index is -1.15. The highest BCUT2D eigenvalue weighted by Gasteiger charge is 2.17. The van der Waals surface area contributed by atoms with Crippen LogP contribution in [0.3, 0.4) is 0 Å². The van der Waals surface area contributed by atoms with Gasteiger partial charge < -0.3 is 19.6 Å². The molecule has 0 unspecified atom stereocenters. The van der Waals surface area contributed by atoms with Crippen LogP contribution in [0.2, 0.25) is 0 Å². The van der Waals surface area contributed by atoms with Gasteiger partial charge in [-0.15, -0.1) is 0 Å². The van der Waals surface area contributed by atoms with E-state index >= 15 is 0 Å². The second kappa shape index (κ2) is 6.51. The Kier molecular flexibility index (Phi) is 4.68. The molecule has 0 saturated carbocycles. The number of methoxy groups -OCH3 is 1. The minimum absolute atomic E-state index is 0.213. The van der Waals surface area contributed by atoms with Crippen molar-refractivity contribution < 1.29 is 23.8 Å². The van der Waals surface area contributed by atoms with E-state index in [1.807, 2.05) is 0 Å². The van der Waals surface area contributed by atoms with Crippen LogP contribution in [0.15, 0.2) is 21.3 Å². The molecule has 2 rings (SSSR count). The van der Waals surface area contributed by atoms with Gasteiger partial charge in [0, 0.05) is 10.9 Å². The summed E-state index contributed by atoms with van der Waals surface area (Å²) in [7, 11) is 1.53. The molecule has 1 heterocycles. The summed E-state index contributed by atoms with van der Waals surface area (Å²) in [6.45, 7) is 3.01. The molecule has 0 aliphatic carbocycles. The third-order valence-corrected chi connectivity index (χ3v) is 3.65. The van der Waals surface area contributed by atoms with Gasteiger partial charge in [-0.05, 0) is 31.5 Å². The van der Waals surface area contributed by atoms with Gasteiger partial charge in [-0.25, -0.2) is 4.79 Å². The molecule has 0 aliphatic rings. The van der Waals surface area contributed by atoms with Crippen LogP contribution in [0.5, 0.6) is 5.75 Å². The van der Waals surface area contributed by atoms with Crippen LogP contribution in [0.4, 0.5) is 0 Å². The lowest BCUT2D eigenvalue weighted by Crippen LogP contribution is -2.32. The van der Waals surface area contributed by atoms with Gasteiger partial charge >= 0.3 is 11.6 Å². The monoisotopic (exact) mass is 319 g/mol. The Balaban J connectivity index is 2.45. The zero-order chi connectivity index (χ0) is 17.1. The highest BCUT2D eigenvalue weighted by atomic mass is 16.5. The van der Waals surface area contributed by atoms with E-state index in [9.17, 15) is 14.4 Å². The van der Waals surface area contributed by atoms with E-state index in [0.29, 0.717) is 27.8 Å². The Morgan fingerprint density at radius 3 is 2.57 bits per heavy atom. The topological polar surface area (TPSA) is 106 Å². The molecular weight excluding hydrogens is 302 g/mol. The van der Waals surface area contributed by atoms with Crippen LogP contribution in [0, 0.1) is 13.8 Å². The van der Waals surface area contributed by atoms with E-state index in [-0.39, 0.29) is 12.0 Å². The summed E-state index contributed by atoms with van der Waals surface area (Å²) in [6, 6.07) is 3.52. The molecule has 23 heavy (non-hydrogen) atoms. The van der Waals surface area contributed by atoms with Gasteiger partial charge in [-0.2, -0.15) is 0 Å². The molecule has 2 N–H and O–H groups in total. The molecule has 0 bridgehead atoms. The van der Waals surface area contributed by atoms with E-state index in [2.05, 4.69) is 5.32 Å². The maximum absolute atomic E-state index is 12.2. The summed E-state index contributed by atoms with van der Waals surface area (Å²) >= 11 is 0. The van der Waals surface area contributed by atoms with Crippen molar-refractivity contribution in [3.63, 3.8) is 0 Å². The van der Waals surface area contributed by atoms with Gasteiger partial charge in [0.25, 0.3) is 0 Å². The third kappa shape index (κ3) is 3.33. The minimum Gasteiger partial charge on any atom is -0.496 e. The zero-order valence-electron chi connectivity index (χ0n) is 13.1. The Morgan fingerprint density at radius 1 is 1.26 bits per heavy atom. The Morgan fingerprint density at radius 2 is 1.96 bits per heavy atom. The van der Waals surface area contributed by atoms with Crippen LogP contribution >= 0.6 is 0 Å². The van der Waals surface area contributed by atoms with Crippen LogP contribution in [-0.4, -0.2) is 30.6 Å². The molecular formula is C16H17NO6. The fourth-order valence-electron chi connectivity index (χ4n) is 2.39. The van der Waals surface area contributed by atoms with Crippen molar-refractivity contribution >= 4 is 22.8 Å². The van der Waals surface area contributed by atoms with Crippen molar-refractivity contribution in [2.75, 3.05) is 13.7 Å². The summed E-state index contributed by atoms with van der Waals surface area (Å²) in [5, 5.41) is 11.5. The standard InChI is InChI=1S/C16H17NO6/c1-8-10-4-5-12(22-3)9(2)15(10)23-16(21)11(8)6-13(18)17-7-14(19)20/h4-5H,6-7H2,1-3H3,(H,17,18)(H,19,20). The van der Waals surface area contributed by atoms with Crippen molar-refractivity contribution in [2.24, 2.45) is 0 Å². The van der Waals surface area contributed by atoms with Crippen molar-refractivity contribution in [1.82, 2.24) is 5.32 Å². The smallest absolute Gasteiger partial charge is 0.340 e. The number of carbonyl (C=O) groups excluding carboxylic acids is 1. The van der Waals surface area contributed by atoms with E-state index in [4.69, 9.17) is 14.3 Å². The van der Waals surface area contributed by atoms with Gasteiger partial charge in [-0.3, -0.25) is 9.59 Å². The fourth-order valence-corrected chi connectivity index (χ4v) is 2.39. The number of carboxylic acids is 1. The molecule has 0 fully saturated rings. The van der Waals surface area contributed by atoms with Gasteiger partial charge in [0.1, 0.15) is 17.9 Å². The molecule has 0 atom stereocenters. The predicted octanol–water partition coefficient (Wildman–Crippen LogP) is 1.16. The molecule has 2 aromatic rings. The van der Waals surface area contributed by atoms with Crippen LogP contribution in [-0.2, 0) is 16.0 Å². The number of nitrogens with one attached hydrogen (secondary N) is 1. The van der Waals surface area contributed by atoms with Gasteiger partial charge in [0.2, 0.25) is 5.91 Å². The molecule has 0 radical (unpaired) electrons. The first-order valence-electron chi connectivity index (χ1n) is 6.93. The van der Waals surface area contributed by atoms with E-state index in [1.54, 1.807) is 26.0 Å². The van der Waals surface area contributed by atoms with Gasteiger partial charge in [0.05, 0.1) is 19.1 Å². The number of benzene rings is 1. The van der Waals surface area contributed by atoms with Crippen LogP contribution in [0.1, 0.15) is 16.7 Å². The summed E-state index contributed by atoms with van der Waals surface area (Å²) in [6.07, 6.45) is -0.234. The van der Waals surface area contributed by atoms with Gasteiger partial charge in [-0.1, -0.05) is 0 Å². The number of carbonyl (C=O) groups is 2. The Hall–Kier alpha value is -2.83. The number of carboxylic acid groups (broad SMARTS) is 1. The number of rotatable bonds is 5. The zero-order valence-corrected chi connectivity index (χ0v) is 13.1. The average molecular weight is 319 g/mol. The maximum Gasteiger partial charge on any atom is 0.340 e. The SMILES string of the molecule is COc1ccc2c(C)c(CC(=O)NCC(=O)O)c(=O)oc2c1C. The van der Waals surface area contributed by atoms with Crippen molar-refractivity contribution in [3.8, 4) is 5.75 Å². The molecule has 7 nitrogen and oxygen atoms in total. The molecule has 0 spiro atoms. The molecule has 122 valence electrons. The second-order valence-electron chi connectivity index (χ2n) is 5.11. The molecule has 1 aromatic carbocycles. The first-order valence-corrected chi connectivity index (χ1v) is 6.93. The number of fused-ring (bicyclic) bond motifs is 1. The number of aliphatic carboxylic acids is 1. The maximum atomic E-state index is 12.2. The molecule has 1 aromatic heterocycles. The average Bonchev–Trinajstić information content (AvgIpc) is 2.50. The molecule has 7 heteroatoms. The Bertz CT molecular complexity index is 837. The lowest BCUT2D eigenvalue weighted by Gasteiger charge is -2.11. The summed E-state index contributed by atoms with van der Waals surface area (Å²) in [5.74, 6) is -1.09. The van der Waals surface area contributed by atoms with Gasteiger partial charge in [0.15, 0.2) is 0 Å². The first kappa shape index (κ1) is 16.5. The number of hydrogen-bond donors (Lipinski definition) is 2. The summed E-state index contributed by atoms with van der Waals surface area (Å²) < 4.78 is 10.5. The number of aryl methyl sites for hydroxylation is 2. The molecule has 1 amide bonds. The summed E-state index contributed by atoms with van der Waals surface area (Å²) in [5.41, 5.74) is 1.35. The number of amides is 1. The first-order chi connectivity index (χ1) is 10.8. The normalized spacial score (nSPS) is 10.6. The molecule has 0 aliphatic heterocycles. The van der Waals surface area contributed by atoms with Crippen molar-refractivity contribution in [3.05, 3.63) is 39.2 Å². The highest BCUT2D eigenvalue weighted by Crippen LogP contribution is 2.29. The number of hydrogen-bond acceptors (Lipinski definition) is 5. The predicted molar refractivity (Wildman–Crippen MR) is 82.9 cm³/mol. The van der Waals surface area contributed by atoms with Crippen LogP contribution < -0.4 is 15.7 Å². The highest BCUT2D eigenvalue weighted by molar-refractivity contribution is 5.88. The van der Waals surface area contributed by atoms with E-state index in [0.717, 1.165) is 0 Å². The fraction of sp³-hybridized carbons (Fsp3) is 0.312. The summed E-state index contributed by atoms with van der Waals surface area (Å²) in [4.78, 5) is 34.4. The van der Waals surface area contributed by atoms with Crippen molar-refractivity contribution in [2.45, 2.75) is 20.3 Å². The second-order valence-corrected chi connectivity index (χ2v) is 5.11. The largest absolute Gasteiger partial charge is 0.496 e. The van der Waals surface area contributed by atoms with Crippen LogP contribution in [0.25, 0.3) is 11.0 Å². The van der Waals surface area contributed by atoms with E-state index < -0.39 is 24.0 Å². The quantitative estimate of drug-likeness (QED) is 0.801. The van der Waals surface area contributed by atoms with Crippen molar-refractivity contribution in [1.29, 1.82) is 0 Å².